The van der Waals surface area contributed by atoms with Gasteiger partial charge in [-0.1, -0.05) is 6.92 Å². The minimum atomic E-state index is -0.0828. The fourth-order valence-electron chi connectivity index (χ4n) is 3.45. The minimum absolute atomic E-state index is 0.0828. The number of rotatable bonds is 8. The second kappa shape index (κ2) is 9.68. The molecule has 1 atom stereocenters. The molecule has 0 spiro atoms. The third kappa shape index (κ3) is 5.31. The van der Waals surface area contributed by atoms with Crippen molar-refractivity contribution in [1.82, 2.24) is 40.0 Å². The van der Waals surface area contributed by atoms with E-state index in [1.165, 1.54) is 19.2 Å². The molecule has 0 aliphatic carbocycles. The van der Waals surface area contributed by atoms with Crippen molar-refractivity contribution in [2.24, 2.45) is 5.92 Å². The van der Waals surface area contributed by atoms with Crippen molar-refractivity contribution in [3.05, 3.63) is 30.1 Å². The molecule has 1 fully saturated rings. The van der Waals surface area contributed by atoms with E-state index >= 15 is 0 Å². The highest BCUT2D eigenvalue weighted by Crippen LogP contribution is 2.18. The van der Waals surface area contributed by atoms with Gasteiger partial charge in [-0.2, -0.15) is 0 Å². The number of nitrogens with zero attached hydrogens (tertiary/aromatic N) is 8. The van der Waals surface area contributed by atoms with E-state index in [9.17, 15) is 4.79 Å². The summed E-state index contributed by atoms with van der Waals surface area (Å²) in [4.78, 5) is 24.8. The Morgan fingerprint density at radius 1 is 1.36 bits per heavy atom. The van der Waals surface area contributed by atoms with Crippen molar-refractivity contribution >= 4 is 5.91 Å². The zero-order chi connectivity index (χ0) is 19.9. The Balaban J connectivity index is 1.46. The van der Waals surface area contributed by atoms with Gasteiger partial charge in [0.05, 0.1) is 18.3 Å². The smallest absolute Gasteiger partial charge is 0.222 e. The lowest BCUT2D eigenvalue weighted by molar-refractivity contribution is -0.132. The molecule has 28 heavy (non-hydrogen) atoms. The van der Waals surface area contributed by atoms with E-state index in [0.29, 0.717) is 19.4 Å². The molecule has 0 bridgehead atoms. The van der Waals surface area contributed by atoms with Gasteiger partial charge in [0.15, 0.2) is 5.82 Å². The van der Waals surface area contributed by atoms with E-state index in [4.69, 9.17) is 0 Å². The molecule has 0 radical (unpaired) electrons. The summed E-state index contributed by atoms with van der Waals surface area (Å²) in [5.41, 5.74) is 0.837. The predicted octanol–water partition coefficient (Wildman–Crippen LogP) is 1.69. The Hall–Kier alpha value is -2.42. The van der Waals surface area contributed by atoms with Crippen LogP contribution in [0.15, 0.2) is 18.6 Å². The zero-order valence-corrected chi connectivity index (χ0v) is 17.0. The van der Waals surface area contributed by atoms with Crippen LogP contribution in [0.3, 0.4) is 0 Å². The van der Waals surface area contributed by atoms with Gasteiger partial charge in [0, 0.05) is 26.2 Å². The zero-order valence-electron chi connectivity index (χ0n) is 17.0. The average molecular weight is 387 g/mol. The van der Waals surface area contributed by atoms with Crippen LogP contribution in [0.1, 0.15) is 57.1 Å². The van der Waals surface area contributed by atoms with Crippen molar-refractivity contribution in [2.45, 2.75) is 58.7 Å². The average Bonchev–Trinajstić information content (AvgIpc) is 3.16. The van der Waals surface area contributed by atoms with Crippen LogP contribution in [0.4, 0.5) is 0 Å². The van der Waals surface area contributed by atoms with Gasteiger partial charge in [-0.25, -0.2) is 14.6 Å². The van der Waals surface area contributed by atoms with Gasteiger partial charge in [0.1, 0.15) is 6.33 Å². The largest absolute Gasteiger partial charge is 0.337 e. The highest BCUT2D eigenvalue weighted by atomic mass is 16.2. The molecule has 0 unspecified atom stereocenters. The maximum absolute atomic E-state index is 12.5. The third-order valence-corrected chi connectivity index (χ3v) is 5.62. The molecular formula is C19H30N8O. The van der Waals surface area contributed by atoms with Crippen molar-refractivity contribution < 1.29 is 4.79 Å². The first kappa shape index (κ1) is 20.3. The number of hydrogen-bond donors (Lipinski definition) is 0. The molecule has 1 aliphatic heterocycles. The molecule has 2 aromatic heterocycles. The maximum atomic E-state index is 12.5. The first-order valence-electron chi connectivity index (χ1n) is 10.0. The summed E-state index contributed by atoms with van der Waals surface area (Å²) in [6, 6.07) is 1.75. The number of hydrogen-bond acceptors (Lipinski definition) is 7. The molecule has 1 aliphatic rings. The lowest BCUT2D eigenvalue weighted by Crippen LogP contribution is -2.33. The second-order valence-corrected chi connectivity index (χ2v) is 7.70. The van der Waals surface area contributed by atoms with Crippen molar-refractivity contribution in [3.8, 4) is 0 Å². The molecular weight excluding hydrogens is 356 g/mol. The van der Waals surface area contributed by atoms with Crippen molar-refractivity contribution in [1.29, 1.82) is 0 Å². The van der Waals surface area contributed by atoms with Crippen molar-refractivity contribution in [2.75, 3.05) is 20.1 Å². The van der Waals surface area contributed by atoms with Crippen LogP contribution in [0.25, 0.3) is 0 Å². The number of likely N-dealkylation sites (tertiary alicyclic amines) is 1. The Morgan fingerprint density at radius 2 is 2.14 bits per heavy atom. The van der Waals surface area contributed by atoms with Crippen LogP contribution >= 0.6 is 0 Å². The fraction of sp³-hybridized carbons (Fsp3) is 0.684. The Morgan fingerprint density at radius 3 is 2.86 bits per heavy atom. The lowest BCUT2D eigenvalue weighted by atomic mass is 9.99. The molecule has 9 nitrogen and oxygen atoms in total. The molecule has 3 rings (SSSR count). The van der Waals surface area contributed by atoms with E-state index in [-0.39, 0.29) is 11.9 Å². The Bertz CT molecular complexity index is 741. The van der Waals surface area contributed by atoms with Gasteiger partial charge in [0.2, 0.25) is 5.91 Å². The first-order valence-corrected chi connectivity index (χ1v) is 10.0. The SMILES string of the molecule is CC1CCN(Cc2nnnn2CCCC(=O)N(C)[C@H](C)c2ccncn2)CC1. The normalized spacial score (nSPS) is 16.8. The maximum Gasteiger partial charge on any atom is 0.222 e. The van der Waals surface area contributed by atoms with E-state index < -0.39 is 0 Å². The Labute approximate surface area is 166 Å². The number of aryl methyl sites for hydroxylation is 1. The Kier molecular flexibility index (Phi) is 7.02. The van der Waals surface area contributed by atoms with Crippen molar-refractivity contribution in [3.63, 3.8) is 0 Å². The third-order valence-electron chi connectivity index (χ3n) is 5.62. The molecule has 0 saturated carbocycles. The van der Waals surface area contributed by atoms with Crippen LogP contribution in [-0.4, -0.2) is 66.0 Å². The molecule has 1 amide bonds. The number of tetrazole rings is 1. The van der Waals surface area contributed by atoms with E-state index in [2.05, 4.69) is 37.3 Å². The highest BCUT2D eigenvalue weighted by molar-refractivity contribution is 5.76. The topological polar surface area (TPSA) is 92.9 Å². The minimum Gasteiger partial charge on any atom is -0.337 e. The molecule has 9 heteroatoms. The van der Waals surface area contributed by atoms with E-state index in [1.807, 2.05) is 24.7 Å². The summed E-state index contributed by atoms with van der Waals surface area (Å²) in [6.45, 7) is 7.89. The van der Waals surface area contributed by atoms with Crippen LogP contribution < -0.4 is 0 Å². The van der Waals surface area contributed by atoms with Crippen LogP contribution in [-0.2, 0) is 17.9 Å². The van der Waals surface area contributed by atoms with Gasteiger partial charge >= 0.3 is 0 Å². The molecule has 0 N–H and O–H groups in total. The number of aromatic nitrogens is 6. The predicted molar refractivity (Wildman–Crippen MR) is 104 cm³/mol. The molecule has 152 valence electrons. The highest BCUT2D eigenvalue weighted by Gasteiger charge is 2.20. The lowest BCUT2D eigenvalue weighted by Gasteiger charge is -2.29. The van der Waals surface area contributed by atoms with E-state index in [1.54, 1.807) is 11.1 Å². The van der Waals surface area contributed by atoms with Gasteiger partial charge in [-0.3, -0.25) is 9.69 Å². The molecule has 0 aromatic carbocycles. The number of amides is 1. The number of piperidine rings is 1. The van der Waals surface area contributed by atoms with Gasteiger partial charge in [-0.15, -0.1) is 5.10 Å². The molecule has 2 aromatic rings. The molecule has 1 saturated heterocycles. The van der Waals surface area contributed by atoms with Gasteiger partial charge in [0.25, 0.3) is 0 Å². The van der Waals surface area contributed by atoms with Crippen LogP contribution in [0, 0.1) is 5.92 Å². The number of carbonyl (C=O) groups is 1. The summed E-state index contributed by atoms with van der Waals surface area (Å²) in [7, 11) is 1.81. The fourth-order valence-corrected chi connectivity index (χ4v) is 3.45. The second-order valence-electron chi connectivity index (χ2n) is 7.70. The summed E-state index contributed by atoms with van der Waals surface area (Å²) in [5, 5.41) is 12.1. The van der Waals surface area contributed by atoms with Gasteiger partial charge in [-0.05, 0) is 61.7 Å². The summed E-state index contributed by atoms with van der Waals surface area (Å²) in [6.07, 6.45) is 6.81. The standard InChI is InChI=1S/C19H30N8O/c1-15-7-11-26(12-8-15)13-18-22-23-24-27(18)10-4-5-19(28)25(3)16(2)17-6-9-20-14-21-17/h6,9,14-16H,4-5,7-8,10-13H2,1-3H3/t16-/m1/s1. The monoisotopic (exact) mass is 386 g/mol. The number of carbonyl (C=O) groups excluding carboxylic acids is 1. The quantitative estimate of drug-likeness (QED) is 0.681. The van der Waals surface area contributed by atoms with Gasteiger partial charge < -0.3 is 4.90 Å². The molecule has 3 heterocycles. The summed E-state index contributed by atoms with van der Waals surface area (Å²) in [5.74, 6) is 1.77. The van der Waals surface area contributed by atoms with Crippen LogP contribution in [0.5, 0.6) is 0 Å². The summed E-state index contributed by atoms with van der Waals surface area (Å²) < 4.78 is 1.83. The van der Waals surface area contributed by atoms with E-state index in [0.717, 1.165) is 37.1 Å². The van der Waals surface area contributed by atoms with Crippen LogP contribution in [0.2, 0.25) is 0 Å². The first-order chi connectivity index (χ1) is 13.5. The summed E-state index contributed by atoms with van der Waals surface area (Å²) >= 11 is 0.